The minimum atomic E-state index is -1.11. The maximum Gasteiger partial charge on any atom is 0.276 e. The van der Waals surface area contributed by atoms with E-state index in [4.69, 9.17) is 9.47 Å². The zero-order valence-electron chi connectivity index (χ0n) is 17.4. The third kappa shape index (κ3) is 4.95. The summed E-state index contributed by atoms with van der Waals surface area (Å²) >= 11 is 0. The van der Waals surface area contributed by atoms with Crippen LogP contribution in [0.3, 0.4) is 0 Å². The van der Waals surface area contributed by atoms with Crippen molar-refractivity contribution in [1.82, 2.24) is 24.8 Å². The summed E-state index contributed by atoms with van der Waals surface area (Å²) in [7, 11) is 1.57. The molecule has 0 saturated carbocycles. The monoisotopic (exact) mass is 431 g/mol. The standard InChI is InChI=1S/C21H26FN5O4/c1-30-17-4-6-18(7-5-17)31-14-20(28)27-11-15(22)10-16(27)12-26-13-19(23-24-26)21(29)25-8-2-3-9-25/h4-7,13,15-16H,2-3,8-12,14H2,1H3/t15-,16-/m0/s1. The molecule has 2 aromatic rings. The van der Waals surface area contributed by atoms with Crippen LogP contribution in [0.1, 0.15) is 29.8 Å². The Morgan fingerprint density at radius 3 is 2.58 bits per heavy atom. The molecule has 166 valence electrons. The number of ether oxygens (including phenoxy) is 2. The molecule has 2 saturated heterocycles. The molecule has 0 N–H and O–H groups in total. The van der Waals surface area contributed by atoms with E-state index in [0.717, 1.165) is 25.9 Å². The number of halogens is 1. The SMILES string of the molecule is COc1ccc(OCC(=O)N2C[C@@H](F)C[C@H]2Cn2cc(C(=O)N3CCCC3)nn2)cc1. The Balaban J connectivity index is 1.35. The van der Waals surface area contributed by atoms with E-state index >= 15 is 0 Å². The van der Waals surface area contributed by atoms with Crippen LogP contribution in [-0.2, 0) is 11.3 Å². The van der Waals surface area contributed by atoms with Gasteiger partial charge in [-0.15, -0.1) is 5.10 Å². The average Bonchev–Trinajstić information content (AvgIpc) is 3.54. The van der Waals surface area contributed by atoms with E-state index in [2.05, 4.69) is 10.3 Å². The second-order valence-electron chi connectivity index (χ2n) is 7.82. The molecule has 2 aliphatic rings. The van der Waals surface area contributed by atoms with Crippen LogP contribution in [0.2, 0.25) is 0 Å². The highest BCUT2D eigenvalue weighted by molar-refractivity contribution is 5.92. The fourth-order valence-corrected chi connectivity index (χ4v) is 4.02. The van der Waals surface area contributed by atoms with Crippen LogP contribution in [0.25, 0.3) is 0 Å². The highest BCUT2D eigenvalue weighted by Crippen LogP contribution is 2.23. The van der Waals surface area contributed by atoms with Crippen molar-refractivity contribution in [1.29, 1.82) is 0 Å². The molecule has 0 aliphatic carbocycles. The van der Waals surface area contributed by atoms with E-state index in [0.29, 0.717) is 11.5 Å². The molecular formula is C21H26FN5O4. The lowest BCUT2D eigenvalue weighted by atomic mass is 10.2. The highest BCUT2D eigenvalue weighted by Gasteiger charge is 2.36. The number of hydrogen-bond acceptors (Lipinski definition) is 6. The molecule has 3 heterocycles. The Morgan fingerprint density at radius 2 is 1.87 bits per heavy atom. The summed E-state index contributed by atoms with van der Waals surface area (Å²) < 4.78 is 26.3. The van der Waals surface area contributed by atoms with Gasteiger partial charge in [-0.25, -0.2) is 9.07 Å². The number of likely N-dealkylation sites (tertiary alicyclic amines) is 2. The van der Waals surface area contributed by atoms with Gasteiger partial charge in [-0.05, 0) is 37.1 Å². The predicted octanol–water partition coefficient (Wildman–Crippen LogP) is 1.54. The number of nitrogens with zero attached hydrogens (tertiary/aromatic N) is 5. The zero-order chi connectivity index (χ0) is 21.8. The molecule has 4 rings (SSSR count). The van der Waals surface area contributed by atoms with Crippen molar-refractivity contribution < 1.29 is 23.5 Å². The molecule has 9 nitrogen and oxygen atoms in total. The number of hydrogen-bond donors (Lipinski definition) is 0. The van der Waals surface area contributed by atoms with Crippen molar-refractivity contribution in [3.63, 3.8) is 0 Å². The fraction of sp³-hybridized carbons (Fsp3) is 0.524. The quantitative estimate of drug-likeness (QED) is 0.661. The van der Waals surface area contributed by atoms with E-state index in [1.54, 1.807) is 42.5 Å². The van der Waals surface area contributed by atoms with Crippen LogP contribution in [0.5, 0.6) is 11.5 Å². The fourth-order valence-electron chi connectivity index (χ4n) is 4.02. The number of methoxy groups -OCH3 is 1. The van der Waals surface area contributed by atoms with E-state index in [9.17, 15) is 14.0 Å². The van der Waals surface area contributed by atoms with Crippen molar-refractivity contribution in [3.8, 4) is 11.5 Å². The zero-order valence-corrected chi connectivity index (χ0v) is 17.4. The highest BCUT2D eigenvalue weighted by atomic mass is 19.1. The van der Waals surface area contributed by atoms with Gasteiger partial charge in [0, 0.05) is 19.5 Å². The van der Waals surface area contributed by atoms with Gasteiger partial charge < -0.3 is 19.3 Å². The number of aromatic nitrogens is 3. The summed E-state index contributed by atoms with van der Waals surface area (Å²) in [5.41, 5.74) is 0.275. The number of alkyl halides is 1. The average molecular weight is 431 g/mol. The van der Waals surface area contributed by atoms with Crippen molar-refractivity contribution in [3.05, 3.63) is 36.2 Å². The van der Waals surface area contributed by atoms with Gasteiger partial charge in [0.1, 0.15) is 17.7 Å². The summed E-state index contributed by atoms with van der Waals surface area (Å²) in [4.78, 5) is 28.4. The maximum absolute atomic E-state index is 14.1. The first-order valence-electron chi connectivity index (χ1n) is 10.4. The third-order valence-corrected chi connectivity index (χ3v) is 5.65. The Hall–Kier alpha value is -3.17. The van der Waals surface area contributed by atoms with E-state index in [1.165, 1.54) is 9.58 Å². The Kier molecular flexibility index (Phi) is 6.34. The second-order valence-corrected chi connectivity index (χ2v) is 7.82. The van der Waals surface area contributed by atoms with Gasteiger partial charge in [0.2, 0.25) is 0 Å². The largest absolute Gasteiger partial charge is 0.497 e. The number of rotatable bonds is 7. The Bertz CT molecular complexity index is 913. The first-order valence-corrected chi connectivity index (χ1v) is 10.4. The van der Waals surface area contributed by atoms with Crippen molar-refractivity contribution in [2.45, 2.75) is 38.0 Å². The van der Waals surface area contributed by atoms with Crippen molar-refractivity contribution in [2.75, 3.05) is 33.4 Å². The molecule has 2 aliphatic heterocycles. The normalized spacial score (nSPS) is 20.8. The van der Waals surface area contributed by atoms with E-state index in [-0.39, 0.29) is 49.7 Å². The van der Waals surface area contributed by atoms with Crippen molar-refractivity contribution in [2.24, 2.45) is 0 Å². The van der Waals surface area contributed by atoms with E-state index < -0.39 is 6.17 Å². The molecule has 0 spiro atoms. The van der Waals surface area contributed by atoms with Gasteiger partial charge in [0.25, 0.3) is 11.8 Å². The molecule has 2 atom stereocenters. The molecular weight excluding hydrogens is 405 g/mol. The van der Waals surface area contributed by atoms with Gasteiger partial charge in [0.05, 0.1) is 32.4 Å². The number of carbonyl (C=O) groups is 2. The maximum atomic E-state index is 14.1. The van der Waals surface area contributed by atoms with Crippen LogP contribution in [-0.4, -0.2) is 82.2 Å². The van der Waals surface area contributed by atoms with Crippen LogP contribution < -0.4 is 9.47 Å². The van der Waals surface area contributed by atoms with Crippen LogP contribution in [0.4, 0.5) is 4.39 Å². The van der Waals surface area contributed by atoms with Gasteiger partial charge >= 0.3 is 0 Å². The summed E-state index contributed by atoms with van der Waals surface area (Å²) in [6.45, 7) is 1.56. The molecule has 0 radical (unpaired) electrons. The van der Waals surface area contributed by atoms with Crippen LogP contribution in [0.15, 0.2) is 30.5 Å². The molecule has 0 unspecified atom stereocenters. The molecule has 1 aromatic heterocycles. The van der Waals surface area contributed by atoms with Crippen molar-refractivity contribution >= 4 is 11.8 Å². The predicted molar refractivity (Wildman–Crippen MR) is 109 cm³/mol. The molecule has 31 heavy (non-hydrogen) atoms. The summed E-state index contributed by atoms with van der Waals surface area (Å²) in [5, 5.41) is 7.99. The first-order chi connectivity index (χ1) is 15.0. The lowest BCUT2D eigenvalue weighted by Crippen LogP contribution is -2.41. The number of benzene rings is 1. The Labute approximate surface area is 179 Å². The minimum absolute atomic E-state index is 0.0176. The summed E-state index contributed by atoms with van der Waals surface area (Å²) in [6.07, 6.45) is 2.67. The van der Waals surface area contributed by atoms with Gasteiger partial charge in [-0.3, -0.25) is 9.59 Å². The number of amides is 2. The minimum Gasteiger partial charge on any atom is -0.497 e. The van der Waals surface area contributed by atoms with Gasteiger partial charge in [-0.1, -0.05) is 5.21 Å². The topological polar surface area (TPSA) is 89.8 Å². The third-order valence-electron chi connectivity index (χ3n) is 5.65. The molecule has 2 fully saturated rings. The van der Waals surface area contributed by atoms with Gasteiger partial charge in [-0.2, -0.15) is 0 Å². The molecule has 0 bridgehead atoms. The van der Waals surface area contributed by atoms with Gasteiger partial charge in [0.15, 0.2) is 12.3 Å². The summed E-state index contributed by atoms with van der Waals surface area (Å²) in [5.74, 6) is 0.783. The number of carbonyl (C=O) groups excluding carboxylic acids is 2. The first kappa shape index (κ1) is 21.1. The lowest BCUT2D eigenvalue weighted by molar-refractivity contribution is -0.134. The summed E-state index contributed by atoms with van der Waals surface area (Å²) in [6, 6.07) is 6.52. The smallest absolute Gasteiger partial charge is 0.276 e. The Morgan fingerprint density at radius 1 is 1.16 bits per heavy atom. The molecule has 1 aromatic carbocycles. The second kappa shape index (κ2) is 9.32. The lowest BCUT2D eigenvalue weighted by Gasteiger charge is -2.24. The van der Waals surface area contributed by atoms with E-state index in [1.807, 2.05) is 0 Å². The molecule has 2 amide bonds. The molecule has 10 heteroatoms. The van der Waals surface area contributed by atoms with Crippen LogP contribution >= 0.6 is 0 Å². The van der Waals surface area contributed by atoms with Crippen LogP contribution in [0, 0.1) is 0 Å².